The molecule has 3 rings (SSSR count). The SMILES string of the molecule is COc1ccccc1CCNC(=O)c1cncc2c1CCNC2. The minimum atomic E-state index is -0.0499. The third-order valence-electron chi connectivity index (χ3n) is 4.13. The number of aromatic nitrogens is 1. The Labute approximate surface area is 136 Å². The van der Waals surface area contributed by atoms with Crippen molar-refractivity contribution in [3.63, 3.8) is 0 Å². The molecular weight excluding hydrogens is 290 g/mol. The van der Waals surface area contributed by atoms with Crippen molar-refractivity contribution in [2.75, 3.05) is 20.2 Å². The molecule has 1 aliphatic rings. The second-order valence-electron chi connectivity index (χ2n) is 5.57. The molecule has 2 heterocycles. The van der Waals surface area contributed by atoms with Gasteiger partial charge < -0.3 is 15.4 Å². The number of benzene rings is 1. The van der Waals surface area contributed by atoms with Crippen molar-refractivity contribution in [3.05, 3.63) is 58.9 Å². The number of rotatable bonds is 5. The van der Waals surface area contributed by atoms with Crippen molar-refractivity contribution in [2.45, 2.75) is 19.4 Å². The number of carbonyl (C=O) groups excluding carboxylic acids is 1. The first-order chi connectivity index (χ1) is 11.3. The number of nitrogens with one attached hydrogen (secondary N) is 2. The van der Waals surface area contributed by atoms with E-state index in [1.54, 1.807) is 13.3 Å². The Morgan fingerprint density at radius 2 is 2.22 bits per heavy atom. The summed E-state index contributed by atoms with van der Waals surface area (Å²) in [4.78, 5) is 16.7. The lowest BCUT2D eigenvalue weighted by molar-refractivity contribution is 0.0952. The van der Waals surface area contributed by atoms with Crippen molar-refractivity contribution >= 4 is 5.91 Å². The van der Waals surface area contributed by atoms with E-state index >= 15 is 0 Å². The number of fused-ring (bicyclic) bond motifs is 1. The van der Waals surface area contributed by atoms with E-state index in [9.17, 15) is 4.79 Å². The maximum absolute atomic E-state index is 12.5. The van der Waals surface area contributed by atoms with Crippen LogP contribution in [0.2, 0.25) is 0 Å². The molecule has 0 fully saturated rings. The number of hydrogen-bond acceptors (Lipinski definition) is 4. The van der Waals surface area contributed by atoms with Crippen molar-refractivity contribution in [3.8, 4) is 5.75 Å². The van der Waals surface area contributed by atoms with Gasteiger partial charge in [-0.2, -0.15) is 0 Å². The lowest BCUT2D eigenvalue weighted by atomic mass is 9.98. The number of para-hydroxylation sites is 1. The molecule has 2 aromatic rings. The number of ether oxygens (including phenoxy) is 1. The monoisotopic (exact) mass is 311 g/mol. The van der Waals surface area contributed by atoms with E-state index in [-0.39, 0.29) is 5.91 Å². The molecule has 0 unspecified atom stereocenters. The van der Waals surface area contributed by atoms with Gasteiger partial charge in [0.1, 0.15) is 5.75 Å². The first-order valence-electron chi connectivity index (χ1n) is 7.86. The standard InChI is InChI=1S/C18H21N3O2/c1-23-17-5-3-2-4-13(17)6-9-21-18(22)16-12-20-11-14-10-19-8-7-15(14)16/h2-5,11-12,19H,6-10H2,1H3,(H,21,22). The van der Waals surface area contributed by atoms with E-state index < -0.39 is 0 Å². The first kappa shape index (κ1) is 15.5. The number of hydrogen-bond donors (Lipinski definition) is 2. The van der Waals surface area contributed by atoms with Crippen LogP contribution in [-0.4, -0.2) is 31.1 Å². The van der Waals surface area contributed by atoms with Crippen molar-refractivity contribution in [1.29, 1.82) is 0 Å². The van der Waals surface area contributed by atoms with Crippen LogP contribution in [0.25, 0.3) is 0 Å². The minimum Gasteiger partial charge on any atom is -0.496 e. The fourth-order valence-electron chi connectivity index (χ4n) is 2.93. The average molecular weight is 311 g/mol. The highest BCUT2D eigenvalue weighted by Gasteiger charge is 2.17. The fraction of sp³-hybridized carbons (Fsp3) is 0.333. The van der Waals surface area contributed by atoms with Gasteiger partial charge in [0, 0.05) is 25.5 Å². The van der Waals surface area contributed by atoms with Gasteiger partial charge in [-0.15, -0.1) is 0 Å². The molecule has 0 spiro atoms. The molecule has 0 saturated carbocycles. The van der Waals surface area contributed by atoms with Crippen molar-refractivity contribution in [2.24, 2.45) is 0 Å². The van der Waals surface area contributed by atoms with E-state index in [0.29, 0.717) is 12.1 Å². The summed E-state index contributed by atoms with van der Waals surface area (Å²) in [5, 5.41) is 6.29. The Hall–Kier alpha value is -2.40. The molecule has 0 radical (unpaired) electrons. The molecule has 23 heavy (non-hydrogen) atoms. The van der Waals surface area contributed by atoms with Gasteiger partial charge in [0.15, 0.2) is 0 Å². The van der Waals surface area contributed by atoms with E-state index in [2.05, 4.69) is 15.6 Å². The van der Waals surface area contributed by atoms with Crippen LogP contribution in [0, 0.1) is 0 Å². The van der Waals surface area contributed by atoms with Gasteiger partial charge in [-0.25, -0.2) is 0 Å². The van der Waals surface area contributed by atoms with Crippen LogP contribution < -0.4 is 15.4 Å². The summed E-state index contributed by atoms with van der Waals surface area (Å²) in [5.41, 5.74) is 4.03. The number of carbonyl (C=O) groups is 1. The van der Waals surface area contributed by atoms with Gasteiger partial charge in [-0.3, -0.25) is 9.78 Å². The lowest BCUT2D eigenvalue weighted by Gasteiger charge is -2.19. The van der Waals surface area contributed by atoms with Gasteiger partial charge >= 0.3 is 0 Å². The minimum absolute atomic E-state index is 0.0499. The van der Waals surface area contributed by atoms with Gasteiger partial charge in [0.05, 0.1) is 12.7 Å². The van der Waals surface area contributed by atoms with E-state index in [1.807, 2.05) is 30.5 Å². The molecule has 2 N–H and O–H groups in total. The molecular formula is C18H21N3O2. The van der Waals surface area contributed by atoms with Crippen LogP contribution in [0.15, 0.2) is 36.7 Å². The Kier molecular flexibility index (Phi) is 4.88. The highest BCUT2D eigenvalue weighted by Crippen LogP contribution is 2.18. The molecule has 0 bridgehead atoms. The van der Waals surface area contributed by atoms with E-state index in [4.69, 9.17) is 4.74 Å². The zero-order valence-electron chi connectivity index (χ0n) is 13.3. The van der Waals surface area contributed by atoms with Crippen LogP contribution >= 0.6 is 0 Å². The van der Waals surface area contributed by atoms with Crippen LogP contribution in [-0.2, 0) is 19.4 Å². The molecule has 0 aliphatic carbocycles. The molecule has 5 heteroatoms. The zero-order chi connectivity index (χ0) is 16.1. The Morgan fingerprint density at radius 3 is 3.09 bits per heavy atom. The lowest BCUT2D eigenvalue weighted by Crippen LogP contribution is -2.30. The average Bonchev–Trinajstić information content (AvgIpc) is 2.61. The summed E-state index contributed by atoms with van der Waals surface area (Å²) in [7, 11) is 1.66. The van der Waals surface area contributed by atoms with Gasteiger partial charge in [-0.1, -0.05) is 18.2 Å². The second kappa shape index (κ2) is 7.24. The molecule has 0 saturated heterocycles. The fourth-order valence-corrected chi connectivity index (χ4v) is 2.93. The molecule has 120 valence electrons. The largest absolute Gasteiger partial charge is 0.496 e. The molecule has 1 aromatic carbocycles. The van der Waals surface area contributed by atoms with E-state index in [0.717, 1.165) is 48.4 Å². The summed E-state index contributed by atoms with van der Waals surface area (Å²) < 4.78 is 5.33. The predicted octanol–water partition coefficient (Wildman–Crippen LogP) is 1.71. The first-order valence-corrected chi connectivity index (χ1v) is 7.86. The van der Waals surface area contributed by atoms with Gasteiger partial charge in [-0.05, 0) is 42.1 Å². The maximum Gasteiger partial charge on any atom is 0.253 e. The van der Waals surface area contributed by atoms with Crippen LogP contribution in [0.1, 0.15) is 27.0 Å². The molecule has 1 amide bonds. The summed E-state index contributed by atoms with van der Waals surface area (Å²) in [6.07, 6.45) is 5.11. The predicted molar refractivity (Wildman–Crippen MR) is 88.7 cm³/mol. The molecule has 0 atom stereocenters. The smallest absolute Gasteiger partial charge is 0.253 e. The van der Waals surface area contributed by atoms with Crippen LogP contribution in [0.5, 0.6) is 5.75 Å². The Balaban J connectivity index is 1.64. The number of pyridine rings is 1. The van der Waals surface area contributed by atoms with Crippen LogP contribution in [0.3, 0.4) is 0 Å². The topological polar surface area (TPSA) is 63.2 Å². The Morgan fingerprint density at radius 1 is 1.35 bits per heavy atom. The summed E-state index contributed by atoms with van der Waals surface area (Å²) in [6.45, 7) is 2.25. The van der Waals surface area contributed by atoms with E-state index in [1.165, 1.54) is 0 Å². The molecule has 5 nitrogen and oxygen atoms in total. The van der Waals surface area contributed by atoms with Gasteiger partial charge in [0.2, 0.25) is 0 Å². The van der Waals surface area contributed by atoms with Gasteiger partial charge in [0.25, 0.3) is 5.91 Å². The Bertz CT molecular complexity index is 700. The number of methoxy groups -OCH3 is 1. The maximum atomic E-state index is 12.5. The zero-order valence-corrected chi connectivity index (χ0v) is 13.3. The molecule has 1 aliphatic heterocycles. The number of nitrogens with zero attached hydrogens (tertiary/aromatic N) is 1. The summed E-state index contributed by atoms with van der Waals surface area (Å²) >= 11 is 0. The third-order valence-corrected chi connectivity index (χ3v) is 4.13. The number of amides is 1. The van der Waals surface area contributed by atoms with Crippen LogP contribution in [0.4, 0.5) is 0 Å². The highest BCUT2D eigenvalue weighted by atomic mass is 16.5. The second-order valence-corrected chi connectivity index (χ2v) is 5.57. The molecule has 1 aromatic heterocycles. The van der Waals surface area contributed by atoms with Crippen molar-refractivity contribution < 1.29 is 9.53 Å². The summed E-state index contributed by atoms with van der Waals surface area (Å²) in [5.74, 6) is 0.803. The van der Waals surface area contributed by atoms with Crippen molar-refractivity contribution in [1.82, 2.24) is 15.6 Å². The third kappa shape index (κ3) is 3.51. The normalized spacial score (nSPS) is 13.3. The quantitative estimate of drug-likeness (QED) is 0.882. The highest BCUT2D eigenvalue weighted by molar-refractivity contribution is 5.95. The summed E-state index contributed by atoms with van der Waals surface area (Å²) in [6, 6.07) is 7.87.